The van der Waals surface area contributed by atoms with Crippen molar-refractivity contribution in [3.63, 3.8) is 0 Å². The van der Waals surface area contributed by atoms with E-state index in [-0.39, 0.29) is 18.2 Å². The summed E-state index contributed by atoms with van der Waals surface area (Å²) in [7, 11) is 1.86. The standard InChI is InChI=1S/C15H17N3O3S/c1-8(2)21-12(19)7-18-15(20)13-10(6-16-18)14-11(17(13)4)5-9(3)22-14/h5-6,8H,7H2,1-4H3. The summed E-state index contributed by atoms with van der Waals surface area (Å²) >= 11 is 1.64. The average molecular weight is 319 g/mol. The van der Waals surface area contributed by atoms with Gasteiger partial charge in [0.2, 0.25) is 0 Å². The molecule has 0 bridgehead atoms. The number of aryl methyl sites for hydroxylation is 2. The summed E-state index contributed by atoms with van der Waals surface area (Å²) in [5, 5.41) is 4.95. The van der Waals surface area contributed by atoms with Gasteiger partial charge in [-0.25, -0.2) is 4.68 Å². The van der Waals surface area contributed by atoms with Gasteiger partial charge in [-0.05, 0) is 26.8 Å². The third-order valence-electron chi connectivity index (χ3n) is 3.44. The fourth-order valence-electron chi connectivity index (χ4n) is 2.57. The number of ether oxygens (including phenoxy) is 1. The molecule has 0 aliphatic heterocycles. The van der Waals surface area contributed by atoms with Crippen molar-refractivity contribution in [1.82, 2.24) is 14.3 Å². The minimum absolute atomic E-state index is 0.176. The molecule has 0 aromatic carbocycles. The third kappa shape index (κ3) is 2.31. The van der Waals surface area contributed by atoms with Crippen LogP contribution in [-0.4, -0.2) is 26.4 Å². The summed E-state index contributed by atoms with van der Waals surface area (Å²) in [4.78, 5) is 25.5. The number of rotatable bonds is 3. The molecule has 0 unspecified atom stereocenters. The Balaban J connectivity index is 2.12. The molecule has 0 saturated carbocycles. The lowest BCUT2D eigenvalue weighted by Crippen LogP contribution is -2.29. The van der Waals surface area contributed by atoms with Gasteiger partial charge >= 0.3 is 5.97 Å². The number of esters is 1. The first kappa shape index (κ1) is 14.8. The number of fused-ring (bicyclic) bond motifs is 3. The number of carbonyl (C=O) groups is 1. The molecule has 22 heavy (non-hydrogen) atoms. The van der Waals surface area contributed by atoms with Crippen LogP contribution in [0.15, 0.2) is 17.1 Å². The van der Waals surface area contributed by atoms with Crippen molar-refractivity contribution in [3.8, 4) is 0 Å². The number of nitrogens with zero attached hydrogens (tertiary/aromatic N) is 3. The molecule has 0 atom stereocenters. The summed E-state index contributed by atoms with van der Waals surface area (Å²) < 4.78 is 9.14. The molecule has 6 nitrogen and oxygen atoms in total. The molecule has 0 aliphatic rings. The summed E-state index contributed by atoms with van der Waals surface area (Å²) in [5.74, 6) is -0.462. The quantitative estimate of drug-likeness (QED) is 0.694. The molecule has 7 heteroatoms. The van der Waals surface area contributed by atoms with Crippen LogP contribution in [0.1, 0.15) is 18.7 Å². The molecule has 3 heterocycles. The van der Waals surface area contributed by atoms with E-state index in [2.05, 4.69) is 11.2 Å². The zero-order valence-electron chi connectivity index (χ0n) is 12.9. The van der Waals surface area contributed by atoms with Crippen LogP contribution in [0.25, 0.3) is 21.1 Å². The highest BCUT2D eigenvalue weighted by molar-refractivity contribution is 7.20. The van der Waals surface area contributed by atoms with Crippen molar-refractivity contribution in [1.29, 1.82) is 0 Å². The molecule has 0 aliphatic carbocycles. The molecule has 0 fully saturated rings. The second kappa shape index (κ2) is 5.24. The zero-order valence-corrected chi connectivity index (χ0v) is 13.7. The largest absolute Gasteiger partial charge is 0.462 e. The van der Waals surface area contributed by atoms with Gasteiger partial charge in [0.25, 0.3) is 5.56 Å². The molecular weight excluding hydrogens is 302 g/mol. The van der Waals surface area contributed by atoms with Crippen molar-refractivity contribution < 1.29 is 9.53 Å². The normalized spacial score (nSPS) is 11.7. The van der Waals surface area contributed by atoms with Crippen LogP contribution in [0.5, 0.6) is 0 Å². The Bertz CT molecular complexity index is 933. The Morgan fingerprint density at radius 3 is 2.86 bits per heavy atom. The lowest BCUT2D eigenvalue weighted by Gasteiger charge is -2.08. The average Bonchev–Trinajstić information content (AvgIpc) is 2.91. The zero-order chi connectivity index (χ0) is 16.0. The first-order valence-corrected chi connectivity index (χ1v) is 7.84. The molecule has 0 spiro atoms. The van der Waals surface area contributed by atoms with Gasteiger partial charge < -0.3 is 9.30 Å². The Labute approximate surface area is 130 Å². The first-order valence-electron chi connectivity index (χ1n) is 7.02. The third-order valence-corrected chi connectivity index (χ3v) is 4.51. The molecule has 3 rings (SSSR count). The van der Waals surface area contributed by atoms with Crippen molar-refractivity contribution in [2.75, 3.05) is 0 Å². The monoisotopic (exact) mass is 319 g/mol. The Kier molecular flexibility index (Phi) is 3.52. The first-order chi connectivity index (χ1) is 10.4. The molecule has 3 aromatic rings. The van der Waals surface area contributed by atoms with Crippen LogP contribution in [0.3, 0.4) is 0 Å². The molecule has 0 amide bonds. The van der Waals surface area contributed by atoms with Gasteiger partial charge in [0.05, 0.1) is 22.5 Å². The smallest absolute Gasteiger partial charge is 0.328 e. The second-order valence-corrected chi connectivity index (χ2v) is 6.80. The number of carbonyl (C=O) groups excluding carboxylic acids is 1. The van der Waals surface area contributed by atoms with Crippen LogP contribution in [0, 0.1) is 6.92 Å². The van der Waals surface area contributed by atoms with Crippen molar-refractivity contribution >= 4 is 38.4 Å². The van der Waals surface area contributed by atoms with Crippen molar-refractivity contribution in [2.24, 2.45) is 7.05 Å². The molecule has 3 aromatic heterocycles. The molecule has 0 saturated heterocycles. The van der Waals surface area contributed by atoms with Gasteiger partial charge in [-0.15, -0.1) is 11.3 Å². The van der Waals surface area contributed by atoms with Crippen molar-refractivity contribution in [2.45, 2.75) is 33.4 Å². The predicted molar refractivity (Wildman–Crippen MR) is 86.3 cm³/mol. The SMILES string of the molecule is Cc1cc2c(s1)c1cnn(CC(=O)OC(C)C)c(=O)c1n2C. The van der Waals surface area contributed by atoms with E-state index in [9.17, 15) is 9.59 Å². The van der Waals surface area contributed by atoms with Gasteiger partial charge in [0.15, 0.2) is 0 Å². The van der Waals surface area contributed by atoms with E-state index in [0.717, 1.165) is 20.3 Å². The highest BCUT2D eigenvalue weighted by atomic mass is 32.1. The van der Waals surface area contributed by atoms with Crippen LogP contribution >= 0.6 is 11.3 Å². The summed E-state index contributed by atoms with van der Waals surface area (Å²) in [6.45, 7) is 5.40. The molecule has 116 valence electrons. The highest BCUT2D eigenvalue weighted by Gasteiger charge is 2.17. The van der Waals surface area contributed by atoms with E-state index in [1.807, 2.05) is 18.5 Å². The Hall–Kier alpha value is -2.15. The van der Waals surface area contributed by atoms with E-state index in [4.69, 9.17) is 4.74 Å². The van der Waals surface area contributed by atoms with Gasteiger partial charge in [0, 0.05) is 17.3 Å². The Morgan fingerprint density at radius 2 is 2.18 bits per heavy atom. The number of aromatic nitrogens is 3. The number of hydrogen-bond donors (Lipinski definition) is 0. The fourth-order valence-corrected chi connectivity index (χ4v) is 3.62. The predicted octanol–water partition coefficient (Wildman–Crippen LogP) is 2.21. The van der Waals surface area contributed by atoms with Gasteiger partial charge in [-0.2, -0.15) is 5.10 Å². The van der Waals surface area contributed by atoms with E-state index in [1.165, 1.54) is 4.88 Å². The van der Waals surface area contributed by atoms with E-state index < -0.39 is 5.97 Å². The van der Waals surface area contributed by atoms with E-state index >= 15 is 0 Å². The van der Waals surface area contributed by atoms with Gasteiger partial charge in [0.1, 0.15) is 12.1 Å². The maximum absolute atomic E-state index is 12.6. The second-order valence-electron chi connectivity index (χ2n) is 5.54. The van der Waals surface area contributed by atoms with E-state index in [1.54, 1.807) is 31.4 Å². The Morgan fingerprint density at radius 1 is 1.45 bits per heavy atom. The maximum Gasteiger partial charge on any atom is 0.328 e. The summed E-state index contributed by atoms with van der Waals surface area (Å²) in [6.07, 6.45) is 1.44. The van der Waals surface area contributed by atoms with Crippen LogP contribution < -0.4 is 5.56 Å². The maximum atomic E-state index is 12.6. The number of hydrogen-bond acceptors (Lipinski definition) is 5. The molecule has 0 radical (unpaired) electrons. The number of thiophene rings is 1. The summed E-state index contributed by atoms with van der Waals surface area (Å²) in [5.41, 5.74) is 1.30. The van der Waals surface area contributed by atoms with Gasteiger partial charge in [-0.1, -0.05) is 0 Å². The van der Waals surface area contributed by atoms with Crippen LogP contribution in [-0.2, 0) is 23.1 Å². The van der Waals surface area contributed by atoms with Crippen molar-refractivity contribution in [3.05, 3.63) is 27.5 Å². The minimum Gasteiger partial charge on any atom is -0.462 e. The van der Waals surface area contributed by atoms with Crippen LogP contribution in [0.2, 0.25) is 0 Å². The topological polar surface area (TPSA) is 66.1 Å². The van der Waals surface area contributed by atoms with Crippen LogP contribution in [0.4, 0.5) is 0 Å². The molecular formula is C15H17N3O3S. The van der Waals surface area contributed by atoms with Gasteiger partial charge in [-0.3, -0.25) is 9.59 Å². The minimum atomic E-state index is -0.462. The highest BCUT2D eigenvalue weighted by Crippen LogP contribution is 2.32. The summed E-state index contributed by atoms with van der Waals surface area (Å²) in [6, 6.07) is 2.05. The van der Waals surface area contributed by atoms with E-state index in [0.29, 0.717) is 5.52 Å². The lowest BCUT2D eigenvalue weighted by molar-refractivity contribution is -0.148. The lowest BCUT2D eigenvalue weighted by atomic mass is 10.3. The fraction of sp³-hybridized carbons (Fsp3) is 0.400. The molecule has 0 N–H and O–H groups in total.